The number of hydrogen-bond acceptors (Lipinski definition) is 3. The Bertz CT molecular complexity index is 645. The molecule has 0 spiro atoms. The molecule has 110 valence electrons. The van der Waals surface area contributed by atoms with Crippen LogP contribution in [0, 0.1) is 0 Å². The molecule has 0 amide bonds. The molecule has 0 aliphatic carbocycles. The topological polar surface area (TPSA) is 27.7 Å². The zero-order chi connectivity index (χ0) is 15.2. The maximum Gasteiger partial charge on any atom is 0.161 e. The van der Waals surface area contributed by atoms with E-state index in [1.54, 1.807) is 21.3 Å². The predicted molar refractivity (Wildman–Crippen MR) is 85.3 cm³/mol. The van der Waals surface area contributed by atoms with E-state index < -0.39 is 0 Å². The first kappa shape index (κ1) is 15.0. The van der Waals surface area contributed by atoms with Crippen molar-refractivity contribution in [3.8, 4) is 17.2 Å². The Labute approximate surface area is 125 Å². The lowest BCUT2D eigenvalue weighted by Crippen LogP contribution is -1.94. The number of hydrogen-bond donors (Lipinski definition) is 0. The van der Waals surface area contributed by atoms with Crippen molar-refractivity contribution in [3.63, 3.8) is 0 Å². The van der Waals surface area contributed by atoms with Crippen molar-refractivity contribution in [1.29, 1.82) is 0 Å². The van der Waals surface area contributed by atoms with Gasteiger partial charge in [-0.3, -0.25) is 0 Å². The number of methoxy groups -OCH3 is 3. The Hall–Kier alpha value is -2.42. The van der Waals surface area contributed by atoms with Gasteiger partial charge in [0.2, 0.25) is 0 Å². The molecule has 0 radical (unpaired) electrons. The van der Waals surface area contributed by atoms with Crippen molar-refractivity contribution in [2.45, 2.75) is 6.92 Å². The first-order valence-corrected chi connectivity index (χ1v) is 6.76. The summed E-state index contributed by atoms with van der Waals surface area (Å²) >= 11 is 0. The van der Waals surface area contributed by atoms with Gasteiger partial charge in [-0.2, -0.15) is 0 Å². The molecule has 0 N–H and O–H groups in total. The van der Waals surface area contributed by atoms with Crippen molar-refractivity contribution in [2.75, 3.05) is 21.3 Å². The fourth-order valence-electron chi connectivity index (χ4n) is 2.29. The van der Waals surface area contributed by atoms with Gasteiger partial charge in [-0.15, -0.1) is 0 Å². The third kappa shape index (κ3) is 3.19. The molecular weight excluding hydrogens is 264 g/mol. The molecular formula is C18H20O3. The van der Waals surface area contributed by atoms with Crippen LogP contribution in [-0.2, 0) is 0 Å². The van der Waals surface area contributed by atoms with Crippen LogP contribution in [0.3, 0.4) is 0 Å². The minimum absolute atomic E-state index is 0.720. The molecule has 0 saturated carbocycles. The lowest BCUT2D eigenvalue weighted by Gasteiger charge is -2.13. The van der Waals surface area contributed by atoms with Gasteiger partial charge in [0.1, 0.15) is 5.75 Å². The number of benzene rings is 2. The van der Waals surface area contributed by atoms with E-state index in [9.17, 15) is 0 Å². The van der Waals surface area contributed by atoms with Gasteiger partial charge in [0.15, 0.2) is 11.5 Å². The molecule has 0 unspecified atom stereocenters. The molecule has 21 heavy (non-hydrogen) atoms. The average Bonchev–Trinajstić information content (AvgIpc) is 2.55. The van der Waals surface area contributed by atoms with E-state index >= 15 is 0 Å². The van der Waals surface area contributed by atoms with E-state index in [1.807, 2.05) is 43.3 Å². The molecule has 0 bridgehead atoms. The van der Waals surface area contributed by atoms with Crippen LogP contribution in [0.15, 0.2) is 48.5 Å². The van der Waals surface area contributed by atoms with Gasteiger partial charge in [-0.05, 0) is 47.9 Å². The smallest absolute Gasteiger partial charge is 0.161 e. The summed E-state index contributed by atoms with van der Waals surface area (Å²) in [5.74, 6) is 2.28. The molecule has 3 heteroatoms. The highest BCUT2D eigenvalue weighted by Crippen LogP contribution is 2.33. The lowest BCUT2D eigenvalue weighted by atomic mass is 9.97. The van der Waals surface area contributed by atoms with Crippen LogP contribution in [0.4, 0.5) is 0 Å². The fourth-order valence-corrected chi connectivity index (χ4v) is 2.29. The Morgan fingerprint density at radius 1 is 0.810 bits per heavy atom. The zero-order valence-corrected chi connectivity index (χ0v) is 12.8. The molecule has 0 aromatic heterocycles. The maximum absolute atomic E-state index is 5.38. The van der Waals surface area contributed by atoms with Crippen LogP contribution in [0.25, 0.3) is 5.57 Å². The van der Waals surface area contributed by atoms with Gasteiger partial charge in [-0.1, -0.05) is 24.3 Å². The van der Waals surface area contributed by atoms with E-state index in [-0.39, 0.29) is 0 Å². The Morgan fingerprint density at radius 2 is 1.52 bits per heavy atom. The SMILES string of the molecule is CC=C(c1cccc(OC)c1)c1ccc(OC)c(OC)c1. The first-order chi connectivity index (χ1) is 10.2. The first-order valence-electron chi connectivity index (χ1n) is 6.76. The Balaban J connectivity index is 2.46. The van der Waals surface area contributed by atoms with Gasteiger partial charge >= 0.3 is 0 Å². The second kappa shape index (κ2) is 6.84. The Kier molecular flexibility index (Phi) is 4.88. The predicted octanol–water partition coefficient (Wildman–Crippen LogP) is 4.16. The van der Waals surface area contributed by atoms with Crippen molar-refractivity contribution in [3.05, 3.63) is 59.7 Å². The van der Waals surface area contributed by atoms with Gasteiger partial charge in [0, 0.05) is 0 Å². The second-order valence-corrected chi connectivity index (χ2v) is 4.50. The molecule has 0 atom stereocenters. The molecule has 2 aromatic rings. The van der Waals surface area contributed by atoms with Gasteiger partial charge in [0.05, 0.1) is 21.3 Å². The third-order valence-electron chi connectivity index (χ3n) is 3.36. The van der Waals surface area contributed by atoms with Crippen LogP contribution >= 0.6 is 0 Å². The monoisotopic (exact) mass is 284 g/mol. The summed E-state index contributed by atoms with van der Waals surface area (Å²) in [6.45, 7) is 2.02. The number of rotatable bonds is 5. The van der Waals surface area contributed by atoms with Crippen LogP contribution in [0.5, 0.6) is 17.2 Å². The van der Waals surface area contributed by atoms with Crippen LogP contribution < -0.4 is 14.2 Å². The minimum atomic E-state index is 0.720. The molecule has 2 aromatic carbocycles. The van der Waals surface area contributed by atoms with Gasteiger partial charge in [0.25, 0.3) is 0 Å². The molecule has 0 aliphatic rings. The average molecular weight is 284 g/mol. The fraction of sp³-hybridized carbons (Fsp3) is 0.222. The van der Waals surface area contributed by atoms with Crippen LogP contribution in [-0.4, -0.2) is 21.3 Å². The van der Waals surface area contributed by atoms with Crippen molar-refractivity contribution in [1.82, 2.24) is 0 Å². The summed E-state index contributed by atoms with van der Waals surface area (Å²) in [6, 6.07) is 13.9. The molecule has 0 heterocycles. The van der Waals surface area contributed by atoms with E-state index in [4.69, 9.17) is 14.2 Å². The van der Waals surface area contributed by atoms with Crippen molar-refractivity contribution in [2.24, 2.45) is 0 Å². The highest BCUT2D eigenvalue weighted by molar-refractivity contribution is 5.81. The standard InChI is InChI=1S/C18H20O3/c1-5-16(13-7-6-8-15(11-13)19-2)14-9-10-17(20-3)18(12-14)21-4/h5-12H,1-4H3. The van der Waals surface area contributed by atoms with Crippen molar-refractivity contribution >= 4 is 5.57 Å². The molecule has 3 nitrogen and oxygen atoms in total. The summed E-state index contributed by atoms with van der Waals surface area (Å²) in [4.78, 5) is 0. The normalized spacial score (nSPS) is 11.1. The summed E-state index contributed by atoms with van der Waals surface area (Å²) in [7, 11) is 4.95. The summed E-state index contributed by atoms with van der Waals surface area (Å²) in [5.41, 5.74) is 3.29. The third-order valence-corrected chi connectivity index (χ3v) is 3.36. The summed E-state index contributed by atoms with van der Waals surface area (Å²) < 4.78 is 16.0. The second-order valence-electron chi connectivity index (χ2n) is 4.50. The summed E-state index contributed by atoms with van der Waals surface area (Å²) in [6.07, 6.45) is 2.08. The van der Waals surface area contributed by atoms with Gasteiger partial charge < -0.3 is 14.2 Å². The summed E-state index contributed by atoms with van der Waals surface area (Å²) in [5, 5.41) is 0. The quantitative estimate of drug-likeness (QED) is 0.825. The lowest BCUT2D eigenvalue weighted by molar-refractivity contribution is 0.355. The van der Waals surface area contributed by atoms with Gasteiger partial charge in [-0.25, -0.2) is 0 Å². The van der Waals surface area contributed by atoms with E-state index in [1.165, 1.54) is 0 Å². The Morgan fingerprint density at radius 3 is 2.14 bits per heavy atom. The highest BCUT2D eigenvalue weighted by Gasteiger charge is 2.10. The van der Waals surface area contributed by atoms with E-state index in [2.05, 4.69) is 12.1 Å². The number of allylic oxidation sites excluding steroid dienone is 1. The zero-order valence-electron chi connectivity index (χ0n) is 12.8. The largest absolute Gasteiger partial charge is 0.497 e. The molecule has 0 fully saturated rings. The van der Waals surface area contributed by atoms with E-state index in [0.29, 0.717) is 0 Å². The molecule has 2 rings (SSSR count). The number of ether oxygens (including phenoxy) is 3. The highest BCUT2D eigenvalue weighted by atomic mass is 16.5. The van der Waals surface area contributed by atoms with Crippen LogP contribution in [0.1, 0.15) is 18.1 Å². The molecule has 0 aliphatic heterocycles. The maximum atomic E-state index is 5.38. The minimum Gasteiger partial charge on any atom is -0.497 e. The van der Waals surface area contributed by atoms with Crippen molar-refractivity contribution < 1.29 is 14.2 Å². The van der Waals surface area contributed by atoms with E-state index in [0.717, 1.165) is 33.9 Å². The van der Waals surface area contributed by atoms with Crippen LogP contribution in [0.2, 0.25) is 0 Å². The molecule has 0 saturated heterocycles.